The lowest BCUT2D eigenvalue weighted by atomic mass is 10.1. The van der Waals surface area contributed by atoms with E-state index in [4.69, 9.17) is 4.98 Å². The molecule has 2 aromatic carbocycles. The smallest absolute Gasteiger partial charge is 0.233 e. The summed E-state index contributed by atoms with van der Waals surface area (Å²) in [6.45, 7) is 0.565. The normalized spacial score (nSPS) is 11.1. The number of anilines is 1. The molecule has 29 heavy (non-hydrogen) atoms. The molecule has 0 atom stereocenters. The Morgan fingerprint density at radius 3 is 2.72 bits per heavy atom. The number of hydrogen-bond donors (Lipinski definition) is 0. The third-order valence-corrected chi connectivity index (χ3v) is 7.25. The van der Waals surface area contributed by atoms with Gasteiger partial charge in [0.05, 0.1) is 16.6 Å². The molecule has 1 amide bonds. The summed E-state index contributed by atoms with van der Waals surface area (Å²) in [4.78, 5) is 22.1. The fourth-order valence-corrected chi connectivity index (χ4v) is 5.27. The van der Waals surface area contributed by atoms with Crippen molar-refractivity contribution in [1.82, 2.24) is 4.98 Å². The van der Waals surface area contributed by atoms with Crippen LogP contribution >= 0.6 is 34.4 Å². The molecule has 0 saturated carbocycles. The van der Waals surface area contributed by atoms with Crippen LogP contribution in [0, 0.1) is 5.82 Å². The van der Waals surface area contributed by atoms with Crippen molar-refractivity contribution >= 4 is 55.7 Å². The third kappa shape index (κ3) is 4.86. The fraction of sp³-hybridized carbons (Fsp3) is 0.182. The van der Waals surface area contributed by atoms with Crippen molar-refractivity contribution in [2.45, 2.75) is 17.7 Å². The van der Waals surface area contributed by atoms with E-state index < -0.39 is 0 Å². The summed E-state index contributed by atoms with van der Waals surface area (Å²) in [5.74, 6) is -0.330. The number of thiophene rings is 1. The van der Waals surface area contributed by atoms with E-state index in [2.05, 4.69) is 12.1 Å². The lowest BCUT2D eigenvalue weighted by Gasteiger charge is -2.19. The van der Waals surface area contributed by atoms with Crippen LogP contribution in [-0.4, -0.2) is 23.7 Å². The van der Waals surface area contributed by atoms with Crippen LogP contribution in [0.5, 0.6) is 0 Å². The van der Waals surface area contributed by atoms with Gasteiger partial charge in [-0.25, -0.2) is 9.37 Å². The third-order valence-electron chi connectivity index (χ3n) is 4.55. The van der Waals surface area contributed by atoms with E-state index in [9.17, 15) is 9.18 Å². The number of carbonyl (C=O) groups is 1. The van der Waals surface area contributed by atoms with E-state index in [-0.39, 0.29) is 18.1 Å². The van der Waals surface area contributed by atoms with Gasteiger partial charge in [-0.05, 0) is 60.0 Å². The molecule has 0 bridgehead atoms. The zero-order valence-electron chi connectivity index (χ0n) is 15.8. The van der Waals surface area contributed by atoms with Crippen LogP contribution in [0.1, 0.15) is 10.4 Å². The maximum absolute atomic E-state index is 13.2. The van der Waals surface area contributed by atoms with E-state index >= 15 is 0 Å². The molecule has 0 unspecified atom stereocenters. The molecule has 0 fully saturated rings. The molecule has 0 aliphatic rings. The zero-order chi connectivity index (χ0) is 20.2. The molecule has 0 saturated heterocycles. The van der Waals surface area contributed by atoms with Crippen LogP contribution in [0.15, 0.2) is 64.9 Å². The number of rotatable bonds is 7. The Balaban J connectivity index is 1.61. The maximum Gasteiger partial charge on any atom is 0.233 e. The molecular weight excluding hydrogens is 423 g/mol. The van der Waals surface area contributed by atoms with Gasteiger partial charge in [-0.2, -0.15) is 0 Å². The van der Waals surface area contributed by atoms with Crippen molar-refractivity contribution in [2.75, 3.05) is 17.7 Å². The number of aromatic nitrogens is 1. The minimum Gasteiger partial charge on any atom is -0.287 e. The first-order chi connectivity index (χ1) is 14.1. The number of carbonyl (C=O) groups excluding carboxylic acids is 1. The van der Waals surface area contributed by atoms with Gasteiger partial charge in [0.2, 0.25) is 5.91 Å². The number of benzene rings is 2. The molecule has 3 nitrogen and oxygen atoms in total. The Morgan fingerprint density at radius 2 is 2.00 bits per heavy atom. The summed E-state index contributed by atoms with van der Waals surface area (Å²) >= 11 is 4.91. The van der Waals surface area contributed by atoms with E-state index in [1.54, 1.807) is 40.1 Å². The Bertz CT molecular complexity index is 1110. The molecule has 2 aromatic heterocycles. The van der Waals surface area contributed by atoms with Gasteiger partial charge in [-0.3, -0.25) is 9.69 Å². The molecule has 0 aliphatic heterocycles. The highest BCUT2D eigenvalue weighted by molar-refractivity contribution is 7.98. The summed E-state index contributed by atoms with van der Waals surface area (Å²) in [5, 5.41) is 2.75. The van der Waals surface area contributed by atoms with E-state index in [1.807, 2.05) is 29.8 Å². The first-order valence-corrected chi connectivity index (χ1v) is 12.1. The summed E-state index contributed by atoms with van der Waals surface area (Å²) in [6.07, 6.45) is 3.04. The first kappa shape index (κ1) is 20.1. The predicted octanol–water partition coefficient (Wildman–Crippen LogP) is 6.04. The molecule has 4 aromatic rings. The Labute approximate surface area is 181 Å². The number of fused-ring (bicyclic) bond motifs is 1. The van der Waals surface area contributed by atoms with Crippen molar-refractivity contribution in [1.29, 1.82) is 0 Å². The molecule has 0 N–H and O–H groups in total. The largest absolute Gasteiger partial charge is 0.287 e. The highest BCUT2D eigenvalue weighted by Crippen LogP contribution is 2.32. The molecule has 148 valence electrons. The lowest BCUT2D eigenvalue weighted by molar-refractivity contribution is -0.118. The molecule has 4 rings (SSSR count). The number of nitrogens with zero attached hydrogens (tertiary/aromatic N) is 2. The van der Waals surface area contributed by atoms with Gasteiger partial charge in [-0.1, -0.05) is 29.5 Å². The first-order valence-electron chi connectivity index (χ1n) is 9.14. The second-order valence-electron chi connectivity index (χ2n) is 6.51. The van der Waals surface area contributed by atoms with Gasteiger partial charge in [0, 0.05) is 16.3 Å². The van der Waals surface area contributed by atoms with Crippen LogP contribution in [-0.2, 0) is 17.6 Å². The standard InChI is InChI=1S/C22H19FN2OS3/c1-27-18-8-9-19-20(14-18)29-22(24-19)25(11-10-17-3-2-12-28-17)21(26)13-15-4-6-16(23)7-5-15/h2-9,12,14H,10-11,13H2,1H3. The van der Waals surface area contributed by atoms with Crippen LogP contribution < -0.4 is 4.90 Å². The van der Waals surface area contributed by atoms with E-state index in [0.29, 0.717) is 11.7 Å². The maximum atomic E-state index is 13.2. The molecule has 2 heterocycles. The summed E-state index contributed by atoms with van der Waals surface area (Å²) in [5.41, 5.74) is 1.70. The number of halogens is 1. The van der Waals surface area contributed by atoms with Crippen LogP contribution in [0.3, 0.4) is 0 Å². The second-order valence-corrected chi connectivity index (χ2v) is 9.43. The van der Waals surface area contributed by atoms with Crippen molar-refractivity contribution in [3.05, 3.63) is 76.2 Å². The monoisotopic (exact) mass is 442 g/mol. The topological polar surface area (TPSA) is 33.2 Å². The highest BCUT2D eigenvalue weighted by Gasteiger charge is 2.20. The predicted molar refractivity (Wildman–Crippen MR) is 122 cm³/mol. The van der Waals surface area contributed by atoms with Crippen molar-refractivity contribution < 1.29 is 9.18 Å². The van der Waals surface area contributed by atoms with Crippen molar-refractivity contribution in [3.8, 4) is 0 Å². The number of thiazole rings is 1. The van der Waals surface area contributed by atoms with Crippen LogP contribution in [0.2, 0.25) is 0 Å². The van der Waals surface area contributed by atoms with E-state index in [0.717, 1.165) is 22.2 Å². The number of amides is 1. The average Bonchev–Trinajstić information content (AvgIpc) is 3.39. The Kier molecular flexibility index (Phi) is 6.28. The molecular formula is C22H19FN2OS3. The molecule has 0 spiro atoms. The van der Waals surface area contributed by atoms with Gasteiger partial charge < -0.3 is 0 Å². The quantitative estimate of drug-likeness (QED) is 0.327. The van der Waals surface area contributed by atoms with Gasteiger partial charge >= 0.3 is 0 Å². The van der Waals surface area contributed by atoms with Gasteiger partial charge in [0.1, 0.15) is 5.82 Å². The fourth-order valence-electron chi connectivity index (χ4n) is 3.01. The second kappa shape index (κ2) is 9.07. The van der Waals surface area contributed by atoms with Gasteiger partial charge in [0.15, 0.2) is 5.13 Å². The molecule has 0 radical (unpaired) electrons. The molecule has 0 aliphatic carbocycles. The lowest BCUT2D eigenvalue weighted by Crippen LogP contribution is -2.34. The number of thioether (sulfide) groups is 1. The summed E-state index contributed by atoms with van der Waals surface area (Å²) in [7, 11) is 0. The Hall–Kier alpha value is -2.22. The summed E-state index contributed by atoms with van der Waals surface area (Å²) < 4.78 is 14.3. The summed E-state index contributed by atoms with van der Waals surface area (Å²) in [6, 6.07) is 16.4. The molecule has 7 heteroatoms. The number of hydrogen-bond acceptors (Lipinski definition) is 5. The average molecular weight is 443 g/mol. The van der Waals surface area contributed by atoms with Crippen molar-refractivity contribution in [2.24, 2.45) is 0 Å². The minimum absolute atomic E-state index is 0.0303. The SMILES string of the molecule is CSc1ccc2nc(N(CCc3cccs3)C(=O)Cc3ccc(F)cc3)sc2c1. The van der Waals surface area contributed by atoms with Crippen LogP contribution in [0.4, 0.5) is 9.52 Å². The Morgan fingerprint density at radius 1 is 1.17 bits per heavy atom. The highest BCUT2D eigenvalue weighted by atomic mass is 32.2. The zero-order valence-corrected chi connectivity index (χ0v) is 18.2. The van der Waals surface area contributed by atoms with E-state index in [1.165, 1.54) is 33.2 Å². The van der Waals surface area contributed by atoms with Crippen molar-refractivity contribution in [3.63, 3.8) is 0 Å². The van der Waals surface area contributed by atoms with Gasteiger partial charge in [-0.15, -0.1) is 23.1 Å². The minimum atomic E-state index is -0.300. The van der Waals surface area contributed by atoms with Crippen LogP contribution in [0.25, 0.3) is 10.2 Å². The van der Waals surface area contributed by atoms with Gasteiger partial charge in [0.25, 0.3) is 0 Å².